The van der Waals surface area contributed by atoms with Gasteiger partial charge in [-0.1, -0.05) is 30.3 Å². The Hall–Kier alpha value is -1.38. The van der Waals surface area contributed by atoms with Crippen LogP contribution < -0.4 is 0 Å². The van der Waals surface area contributed by atoms with Gasteiger partial charge in [0, 0.05) is 5.56 Å². The van der Waals surface area contributed by atoms with Gasteiger partial charge in [-0.3, -0.25) is 4.79 Å². The molecule has 0 radical (unpaired) electrons. The van der Waals surface area contributed by atoms with Gasteiger partial charge in [-0.05, 0) is 12.8 Å². The lowest BCUT2D eigenvalue weighted by atomic mass is 10.2. The quantitative estimate of drug-likeness (QED) is 0.691. The molecular weight excluding hydrogens is 183 g/mol. The van der Waals surface area contributed by atoms with Gasteiger partial charge in [-0.2, -0.15) is 4.39 Å². The van der Waals surface area contributed by atoms with Crippen molar-refractivity contribution < 1.29 is 13.9 Å². The van der Waals surface area contributed by atoms with E-state index in [-0.39, 0.29) is 5.92 Å². The SMILES string of the molecule is O=C(OC(F)c1ccccc1)C1CC1. The first-order valence-corrected chi connectivity index (χ1v) is 4.67. The molecule has 1 unspecified atom stereocenters. The van der Waals surface area contributed by atoms with E-state index >= 15 is 0 Å². The summed E-state index contributed by atoms with van der Waals surface area (Å²) >= 11 is 0. The zero-order chi connectivity index (χ0) is 9.97. The van der Waals surface area contributed by atoms with Crippen LogP contribution in [0.1, 0.15) is 24.8 Å². The van der Waals surface area contributed by atoms with Gasteiger partial charge in [0.05, 0.1) is 5.92 Å². The van der Waals surface area contributed by atoms with E-state index in [1.807, 2.05) is 0 Å². The second-order valence-electron chi connectivity index (χ2n) is 3.44. The second-order valence-corrected chi connectivity index (χ2v) is 3.44. The third kappa shape index (κ3) is 2.10. The van der Waals surface area contributed by atoms with E-state index in [0.29, 0.717) is 5.56 Å². The van der Waals surface area contributed by atoms with Crippen molar-refractivity contribution >= 4 is 5.97 Å². The minimum atomic E-state index is -1.62. The highest BCUT2D eigenvalue weighted by Crippen LogP contribution is 2.32. The zero-order valence-corrected chi connectivity index (χ0v) is 7.65. The van der Waals surface area contributed by atoms with E-state index in [9.17, 15) is 9.18 Å². The summed E-state index contributed by atoms with van der Waals surface area (Å²) in [6, 6.07) is 8.42. The van der Waals surface area contributed by atoms with Gasteiger partial charge in [0.25, 0.3) is 6.36 Å². The second kappa shape index (κ2) is 3.78. The Bertz CT molecular complexity index is 319. The fraction of sp³-hybridized carbons (Fsp3) is 0.364. The molecule has 1 aromatic rings. The van der Waals surface area contributed by atoms with Crippen molar-refractivity contribution in [2.45, 2.75) is 19.2 Å². The van der Waals surface area contributed by atoms with E-state index in [4.69, 9.17) is 0 Å². The molecule has 0 N–H and O–H groups in total. The number of halogens is 1. The molecular formula is C11H11FO2. The minimum Gasteiger partial charge on any atom is -0.426 e. The summed E-state index contributed by atoms with van der Waals surface area (Å²) in [5.41, 5.74) is 0.390. The van der Waals surface area contributed by atoms with Crippen molar-refractivity contribution in [2.75, 3.05) is 0 Å². The zero-order valence-electron chi connectivity index (χ0n) is 7.65. The van der Waals surface area contributed by atoms with Gasteiger partial charge < -0.3 is 4.74 Å². The van der Waals surface area contributed by atoms with E-state index in [0.717, 1.165) is 12.8 Å². The van der Waals surface area contributed by atoms with Gasteiger partial charge >= 0.3 is 5.97 Å². The van der Waals surface area contributed by atoms with Crippen LogP contribution in [0.5, 0.6) is 0 Å². The van der Waals surface area contributed by atoms with Crippen molar-refractivity contribution in [3.05, 3.63) is 35.9 Å². The lowest BCUT2D eigenvalue weighted by molar-refractivity contribution is -0.160. The molecule has 0 spiro atoms. The van der Waals surface area contributed by atoms with E-state index in [1.165, 1.54) is 0 Å². The molecule has 1 aromatic carbocycles. The largest absolute Gasteiger partial charge is 0.426 e. The number of alkyl halides is 1. The molecule has 1 fully saturated rings. The summed E-state index contributed by atoms with van der Waals surface area (Å²) in [6.07, 6.45) is 0.0463. The average Bonchev–Trinajstić information content (AvgIpc) is 3.02. The number of rotatable bonds is 3. The van der Waals surface area contributed by atoms with Crippen LogP contribution in [0.25, 0.3) is 0 Å². The first kappa shape index (κ1) is 9.19. The van der Waals surface area contributed by atoms with Gasteiger partial charge in [0.1, 0.15) is 0 Å². The molecule has 1 saturated carbocycles. The number of carbonyl (C=O) groups excluding carboxylic acids is 1. The maximum Gasteiger partial charge on any atom is 0.311 e. The Morgan fingerprint density at radius 3 is 2.57 bits per heavy atom. The predicted octanol–water partition coefficient (Wildman–Crippen LogP) is 2.61. The summed E-state index contributed by atoms with van der Waals surface area (Å²) in [7, 11) is 0. The average molecular weight is 194 g/mol. The molecule has 0 heterocycles. The lowest BCUT2D eigenvalue weighted by Gasteiger charge is -2.09. The Balaban J connectivity index is 1.95. The van der Waals surface area contributed by atoms with Gasteiger partial charge in [0.2, 0.25) is 0 Å². The van der Waals surface area contributed by atoms with E-state index in [2.05, 4.69) is 4.74 Å². The molecule has 3 heteroatoms. The molecule has 2 rings (SSSR count). The number of benzene rings is 1. The molecule has 14 heavy (non-hydrogen) atoms. The normalized spacial score (nSPS) is 17.5. The third-order valence-electron chi connectivity index (χ3n) is 2.19. The number of esters is 1. The van der Waals surface area contributed by atoms with Crippen LogP contribution >= 0.6 is 0 Å². The molecule has 1 atom stereocenters. The third-order valence-corrected chi connectivity index (χ3v) is 2.19. The van der Waals surface area contributed by atoms with Crippen LogP contribution in [-0.4, -0.2) is 5.97 Å². The minimum absolute atomic E-state index is 0.0584. The Morgan fingerprint density at radius 1 is 1.36 bits per heavy atom. The monoisotopic (exact) mass is 194 g/mol. The van der Waals surface area contributed by atoms with Crippen LogP contribution in [0.2, 0.25) is 0 Å². The highest BCUT2D eigenvalue weighted by molar-refractivity contribution is 5.75. The highest BCUT2D eigenvalue weighted by atomic mass is 19.1. The van der Waals surface area contributed by atoms with Crippen molar-refractivity contribution in [3.63, 3.8) is 0 Å². The fourth-order valence-corrected chi connectivity index (χ4v) is 1.19. The molecule has 0 bridgehead atoms. The van der Waals surface area contributed by atoms with E-state index < -0.39 is 12.3 Å². The standard InChI is InChI=1S/C11H11FO2/c12-10(8-4-2-1-3-5-8)14-11(13)9-6-7-9/h1-5,9-10H,6-7H2. The molecule has 1 aliphatic rings. The summed E-state index contributed by atoms with van der Waals surface area (Å²) in [5, 5.41) is 0. The first-order valence-electron chi connectivity index (χ1n) is 4.67. The first-order chi connectivity index (χ1) is 6.77. The Kier molecular flexibility index (Phi) is 2.48. The van der Waals surface area contributed by atoms with Crippen molar-refractivity contribution in [3.8, 4) is 0 Å². The summed E-state index contributed by atoms with van der Waals surface area (Å²) in [6.45, 7) is 0. The molecule has 0 amide bonds. The van der Waals surface area contributed by atoms with Crippen LogP contribution in [0.15, 0.2) is 30.3 Å². The van der Waals surface area contributed by atoms with Crippen LogP contribution in [-0.2, 0) is 9.53 Å². The Labute approximate surface area is 81.7 Å². The summed E-state index contributed by atoms with van der Waals surface area (Å²) in [4.78, 5) is 11.1. The summed E-state index contributed by atoms with van der Waals surface area (Å²) in [5.74, 6) is -0.474. The molecule has 0 aromatic heterocycles. The summed E-state index contributed by atoms with van der Waals surface area (Å²) < 4.78 is 18.0. The molecule has 1 aliphatic carbocycles. The highest BCUT2D eigenvalue weighted by Gasteiger charge is 2.33. The maximum absolute atomic E-state index is 13.3. The van der Waals surface area contributed by atoms with Crippen molar-refractivity contribution in [2.24, 2.45) is 5.92 Å². The molecule has 2 nitrogen and oxygen atoms in total. The van der Waals surface area contributed by atoms with Crippen molar-refractivity contribution in [1.29, 1.82) is 0 Å². The Morgan fingerprint density at radius 2 is 2.00 bits per heavy atom. The van der Waals surface area contributed by atoms with Crippen LogP contribution in [0.3, 0.4) is 0 Å². The predicted molar refractivity (Wildman–Crippen MR) is 49.1 cm³/mol. The van der Waals surface area contributed by atoms with Crippen LogP contribution in [0, 0.1) is 5.92 Å². The van der Waals surface area contributed by atoms with Crippen molar-refractivity contribution in [1.82, 2.24) is 0 Å². The van der Waals surface area contributed by atoms with Gasteiger partial charge in [0.15, 0.2) is 0 Å². The lowest BCUT2D eigenvalue weighted by Crippen LogP contribution is -2.09. The molecule has 0 aliphatic heterocycles. The molecule has 74 valence electrons. The number of hydrogen-bond acceptors (Lipinski definition) is 2. The smallest absolute Gasteiger partial charge is 0.311 e. The van der Waals surface area contributed by atoms with Crippen LogP contribution in [0.4, 0.5) is 4.39 Å². The topological polar surface area (TPSA) is 26.3 Å². The number of ether oxygens (including phenoxy) is 1. The molecule has 0 saturated heterocycles. The fourth-order valence-electron chi connectivity index (χ4n) is 1.19. The maximum atomic E-state index is 13.3. The number of carbonyl (C=O) groups is 1. The van der Waals surface area contributed by atoms with Gasteiger partial charge in [-0.25, -0.2) is 0 Å². The number of hydrogen-bond donors (Lipinski definition) is 0. The van der Waals surface area contributed by atoms with Gasteiger partial charge in [-0.15, -0.1) is 0 Å². The van der Waals surface area contributed by atoms with E-state index in [1.54, 1.807) is 30.3 Å².